The molecule has 0 bridgehead atoms. The Balaban J connectivity index is 1.67. The summed E-state index contributed by atoms with van der Waals surface area (Å²) in [6, 6.07) is 8.16. The van der Waals surface area contributed by atoms with Gasteiger partial charge in [0.1, 0.15) is 0 Å². The van der Waals surface area contributed by atoms with E-state index in [4.69, 9.17) is 16.0 Å². The summed E-state index contributed by atoms with van der Waals surface area (Å²) in [5, 5.41) is 8.95. The van der Waals surface area contributed by atoms with Crippen LogP contribution < -0.4 is 0 Å². The fourth-order valence-corrected chi connectivity index (χ4v) is 3.32. The van der Waals surface area contributed by atoms with E-state index in [0.29, 0.717) is 29.4 Å². The molecular weight excluding hydrogens is 298 g/mol. The Bertz CT molecular complexity index is 605. The zero-order valence-corrected chi connectivity index (χ0v) is 13.7. The number of benzene rings is 1. The Morgan fingerprint density at radius 1 is 1.14 bits per heavy atom. The van der Waals surface area contributed by atoms with Crippen LogP contribution in [0.2, 0.25) is 5.02 Å². The summed E-state index contributed by atoms with van der Waals surface area (Å²) in [6.07, 6.45) is 7.90. The number of rotatable bonds is 4. The summed E-state index contributed by atoms with van der Waals surface area (Å²) in [6.45, 7) is 0.697. The highest BCUT2D eigenvalue weighted by Gasteiger charge is 2.19. The standard InChI is InChI=1S/C17H22ClN3O/c1-21(13-8-4-2-3-5-9-13)12-16-19-20-17(22-16)14-10-6-7-11-15(14)18/h6-7,10-11,13H,2-5,8-9,12H2,1H3. The predicted octanol–water partition coefficient (Wildman–Crippen LogP) is 4.54. The van der Waals surface area contributed by atoms with E-state index in [-0.39, 0.29) is 0 Å². The van der Waals surface area contributed by atoms with Crippen LogP contribution in [0.4, 0.5) is 0 Å². The van der Waals surface area contributed by atoms with Gasteiger partial charge < -0.3 is 4.42 Å². The van der Waals surface area contributed by atoms with Crippen LogP contribution >= 0.6 is 11.6 Å². The first kappa shape index (κ1) is 15.5. The van der Waals surface area contributed by atoms with Crippen LogP contribution in [0.25, 0.3) is 11.5 Å². The van der Waals surface area contributed by atoms with Crippen molar-refractivity contribution < 1.29 is 4.42 Å². The van der Waals surface area contributed by atoms with Crippen LogP contribution in [-0.4, -0.2) is 28.2 Å². The zero-order valence-electron chi connectivity index (χ0n) is 13.0. The molecule has 0 saturated heterocycles. The van der Waals surface area contributed by atoms with E-state index < -0.39 is 0 Å². The van der Waals surface area contributed by atoms with E-state index in [1.165, 1.54) is 38.5 Å². The van der Waals surface area contributed by atoms with E-state index in [9.17, 15) is 0 Å². The highest BCUT2D eigenvalue weighted by atomic mass is 35.5. The average molecular weight is 320 g/mol. The Hall–Kier alpha value is -1.39. The highest BCUT2D eigenvalue weighted by molar-refractivity contribution is 6.33. The van der Waals surface area contributed by atoms with Crippen LogP contribution in [-0.2, 0) is 6.54 Å². The molecule has 1 aliphatic rings. The number of hydrogen-bond acceptors (Lipinski definition) is 4. The van der Waals surface area contributed by atoms with Gasteiger partial charge in [-0.25, -0.2) is 0 Å². The molecule has 22 heavy (non-hydrogen) atoms. The summed E-state index contributed by atoms with van der Waals surface area (Å²) in [5.41, 5.74) is 0.792. The lowest BCUT2D eigenvalue weighted by atomic mass is 10.1. The second-order valence-corrected chi connectivity index (χ2v) is 6.45. The van der Waals surface area contributed by atoms with Crippen LogP contribution in [0, 0.1) is 0 Å². The summed E-state index contributed by atoms with van der Waals surface area (Å²) >= 11 is 6.18. The molecule has 5 heteroatoms. The molecule has 1 fully saturated rings. The molecule has 3 rings (SSSR count). The molecule has 1 aliphatic carbocycles. The lowest BCUT2D eigenvalue weighted by Gasteiger charge is -2.25. The van der Waals surface area contributed by atoms with E-state index in [2.05, 4.69) is 22.1 Å². The Morgan fingerprint density at radius 3 is 2.59 bits per heavy atom. The van der Waals surface area contributed by atoms with Crippen molar-refractivity contribution in [1.82, 2.24) is 15.1 Å². The van der Waals surface area contributed by atoms with Crippen molar-refractivity contribution in [2.75, 3.05) is 7.05 Å². The lowest BCUT2D eigenvalue weighted by molar-refractivity contribution is 0.195. The van der Waals surface area contributed by atoms with E-state index in [1.807, 2.05) is 24.3 Å². The van der Waals surface area contributed by atoms with Crippen molar-refractivity contribution in [3.05, 3.63) is 35.2 Å². The molecule has 0 atom stereocenters. The fourth-order valence-electron chi connectivity index (χ4n) is 3.10. The van der Waals surface area contributed by atoms with Gasteiger partial charge in [-0.1, -0.05) is 49.4 Å². The summed E-state index contributed by atoms with van der Waals surface area (Å²) < 4.78 is 5.79. The minimum Gasteiger partial charge on any atom is -0.419 e. The second kappa shape index (κ2) is 7.25. The Morgan fingerprint density at radius 2 is 1.86 bits per heavy atom. The van der Waals surface area contributed by atoms with Gasteiger partial charge in [-0.3, -0.25) is 4.90 Å². The molecule has 0 unspecified atom stereocenters. The van der Waals surface area contributed by atoms with Crippen molar-refractivity contribution in [1.29, 1.82) is 0 Å². The molecule has 0 spiro atoms. The number of nitrogens with zero attached hydrogens (tertiary/aromatic N) is 3. The first-order valence-corrected chi connectivity index (χ1v) is 8.39. The van der Waals surface area contributed by atoms with Gasteiger partial charge in [-0.05, 0) is 32.0 Å². The monoisotopic (exact) mass is 319 g/mol. The number of aromatic nitrogens is 2. The van der Waals surface area contributed by atoms with Crippen LogP contribution in [0.3, 0.4) is 0 Å². The van der Waals surface area contributed by atoms with Gasteiger partial charge in [0.2, 0.25) is 11.8 Å². The summed E-state index contributed by atoms with van der Waals surface area (Å²) in [5.74, 6) is 1.15. The van der Waals surface area contributed by atoms with Crippen molar-refractivity contribution in [3.8, 4) is 11.5 Å². The second-order valence-electron chi connectivity index (χ2n) is 6.04. The molecule has 1 aromatic heterocycles. The summed E-state index contributed by atoms with van der Waals surface area (Å²) in [4.78, 5) is 2.34. The quantitative estimate of drug-likeness (QED) is 0.776. The third-order valence-electron chi connectivity index (χ3n) is 4.40. The largest absolute Gasteiger partial charge is 0.419 e. The third-order valence-corrected chi connectivity index (χ3v) is 4.73. The van der Waals surface area contributed by atoms with Crippen molar-refractivity contribution in [2.24, 2.45) is 0 Å². The van der Waals surface area contributed by atoms with Crippen molar-refractivity contribution >= 4 is 11.6 Å². The smallest absolute Gasteiger partial charge is 0.249 e. The Labute approximate surface area is 136 Å². The van der Waals surface area contributed by atoms with Crippen LogP contribution in [0.5, 0.6) is 0 Å². The maximum Gasteiger partial charge on any atom is 0.249 e. The van der Waals surface area contributed by atoms with Gasteiger partial charge in [0.15, 0.2) is 0 Å². The van der Waals surface area contributed by atoms with Gasteiger partial charge in [-0.15, -0.1) is 10.2 Å². The highest BCUT2D eigenvalue weighted by Crippen LogP contribution is 2.27. The van der Waals surface area contributed by atoms with E-state index in [1.54, 1.807) is 0 Å². The van der Waals surface area contributed by atoms with Gasteiger partial charge in [0.05, 0.1) is 17.1 Å². The van der Waals surface area contributed by atoms with E-state index >= 15 is 0 Å². The summed E-state index contributed by atoms with van der Waals surface area (Å²) in [7, 11) is 2.15. The molecule has 1 aromatic carbocycles. The van der Waals surface area contributed by atoms with Crippen molar-refractivity contribution in [2.45, 2.75) is 51.1 Å². The van der Waals surface area contributed by atoms with Gasteiger partial charge in [-0.2, -0.15) is 0 Å². The van der Waals surface area contributed by atoms with Crippen LogP contribution in [0.15, 0.2) is 28.7 Å². The first-order valence-electron chi connectivity index (χ1n) is 8.01. The molecule has 0 amide bonds. The molecule has 2 aromatic rings. The number of halogens is 1. The van der Waals surface area contributed by atoms with Gasteiger partial charge in [0, 0.05) is 6.04 Å². The first-order chi connectivity index (χ1) is 10.7. The van der Waals surface area contributed by atoms with E-state index in [0.717, 1.165) is 5.56 Å². The molecule has 0 radical (unpaired) electrons. The molecule has 118 valence electrons. The molecule has 0 aliphatic heterocycles. The maximum atomic E-state index is 6.18. The minimum absolute atomic E-state index is 0.495. The lowest BCUT2D eigenvalue weighted by Crippen LogP contribution is -2.30. The van der Waals surface area contributed by atoms with Crippen molar-refractivity contribution in [3.63, 3.8) is 0 Å². The molecule has 4 nitrogen and oxygen atoms in total. The molecule has 1 saturated carbocycles. The predicted molar refractivity (Wildman–Crippen MR) is 87.7 cm³/mol. The Kier molecular flexibility index (Phi) is 5.11. The minimum atomic E-state index is 0.495. The average Bonchev–Trinajstić information content (AvgIpc) is 2.81. The third kappa shape index (κ3) is 3.68. The fraction of sp³-hybridized carbons (Fsp3) is 0.529. The molecule has 1 heterocycles. The topological polar surface area (TPSA) is 42.2 Å². The number of hydrogen-bond donors (Lipinski definition) is 0. The SMILES string of the molecule is CN(Cc1nnc(-c2ccccc2Cl)o1)C1CCCCCC1. The van der Waals surface area contributed by atoms with Gasteiger partial charge >= 0.3 is 0 Å². The van der Waals surface area contributed by atoms with Crippen LogP contribution in [0.1, 0.15) is 44.4 Å². The molecular formula is C17H22ClN3O. The zero-order chi connectivity index (χ0) is 15.4. The normalized spacial score (nSPS) is 16.9. The molecule has 0 N–H and O–H groups in total. The van der Waals surface area contributed by atoms with Gasteiger partial charge in [0.25, 0.3) is 0 Å². The maximum absolute atomic E-state index is 6.18.